The Morgan fingerprint density at radius 3 is 2.04 bits per heavy atom. The third-order valence-electron chi connectivity index (χ3n) is 10.4. The highest BCUT2D eigenvalue weighted by Crippen LogP contribution is 2.38. The molecular formula is C47H30N4O. The van der Waals surface area contributed by atoms with Crippen molar-refractivity contribution in [3.05, 3.63) is 187 Å². The largest absolute Gasteiger partial charge is 0.456 e. The molecule has 10 aromatic rings. The molecule has 0 aliphatic carbocycles. The minimum absolute atomic E-state index is 0.365. The normalized spacial score (nSPS) is 14.7. The predicted octanol–water partition coefficient (Wildman–Crippen LogP) is 11.5. The number of fused-ring (bicyclic) bond motifs is 8. The number of nitrogens with zero attached hydrogens (tertiary/aromatic N) is 3. The Bertz CT molecular complexity index is 3110. The third-order valence-corrected chi connectivity index (χ3v) is 10.4. The Balaban J connectivity index is 1.13. The number of hydrogen-bond acceptors (Lipinski definition) is 4. The monoisotopic (exact) mass is 666 g/mol. The Morgan fingerprint density at radius 1 is 0.481 bits per heavy atom. The maximum atomic E-state index is 6.17. The van der Waals surface area contributed by atoms with Crippen LogP contribution in [0.5, 0.6) is 0 Å². The maximum absolute atomic E-state index is 6.17. The fourth-order valence-electron chi connectivity index (χ4n) is 7.92. The van der Waals surface area contributed by atoms with E-state index in [1.54, 1.807) is 0 Å². The second-order valence-electron chi connectivity index (χ2n) is 13.5. The molecule has 0 fully saturated rings. The molecule has 2 aromatic heterocycles. The van der Waals surface area contributed by atoms with Gasteiger partial charge in [-0.2, -0.15) is 0 Å². The lowest BCUT2D eigenvalue weighted by molar-refractivity contribution is 0.663. The SMILES string of the molecule is c1ccc(C2=NC(c3ccc4oc5ccccc5c4c3)NC(c3cc(-n4c5ccccc5c5cc6ccccc6cc54)c4ccccc4c3)=N2)cc1. The zero-order chi connectivity index (χ0) is 34.2. The van der Waals surface area contributed by atoms with Crippen LogP contribution < -0.4 is 5.32 Å². The summed E-state index contributed by atoms with van der Waals surface area (Å²) in [6, 6.07) is 59.9. The summed E-state index contributed by atoms with van der Waals surface area (Å²) in [5, 5.41) is 13.1. The van der Waals surface area contributed by atoms with E-state index in [0.29, 0.717) is 5.84 Å². The molecule has 52 heavy (non-hydrogen) atoms. The quantitative estimate of drug-likeness (QED) is 0.203. The predicted molar refractivity (Wildman–Crippen MR) is 215 cm³/mol. The number of amidine groups is 2. The van der Waals surface area contributed by atoms with Crippen molar-refractivity contribution in [3.63, 3.8) is 0 Å². The van der Waals surface area contributed by atoms with E-state index in [9.17, 15) is 0 Å². The first-order chi connectivity index (χ1) is 25.7. The summed E-state index contributed by atoms with van der Waals surface area (Å²) in [6.45, 7) is 0. The topological polar surface area (TPSA) is 54.8 Å². The first-order valence-electron chi connectivity index (χ1n) is 17.6. The van der Waals surface area contributed by atoms with Crippen molar-refractivity contribution in [2.75, 3.05) is 0 Å². The lowest BCUT2D eigenvalue weighted by Gasteiger charge is -2.24. The summed E-state index contributed by atoms with van der Waals surface area (Å²) < 4.78 is 8.59. The molecule has 244 valence electrons. The molecule has 5 nitrogen and oxygen atoms in total. The standard InChI is InChI=1S/C47H30N4O/c1-2-12-29(13-3-1)45-48-46(33-22-23-44-39(26-33)37-19-9-11-21-43(37)52-44)50-47(49-45)34-24-32-16-6-7-17-35(32)41(28-34)51-40-20-10-8-18-36(40)38-25-30-14-4-5-15-31(30)27-42(38)51/h1-28,46H,(H,48,49,50). The highest BCUT2D eigenvalue weighted by atomic mass is 16.3. The molecule has 11 rings (SSSR count). The summed E-state index contributed by atoms with van der Waals surface area (Å²) in [5.41, 5.74) is 8.18. The lowest BCUT2D eigenvalue weighted by atomic mass is 10.0. The van der Waals surface area contributed by atoms with Crippen molar-refractivity contribution in [3.8, 4) is 5.69 Å². The van der Waals surface area contributed by atoms with Gasteiger partial charge in [0.1, 0.15) is 23.2 Å². The number of aromatic nitrogens is 1. The van der Waals surface area contributed by atoms with Gasteiger partial charge in [0.2, 0.25) is 0 Å². The van der Waals surface area contributed by atoms with Crippen LogP contribution in [0.15, 0.2) is 184 Å². The molecule has 0 spiro atoms. The van der Waals surface area contributed by atoms with E-state index in [1.165, 1.54) is 38.0 Å². The molecule has 0 bridgehead atoms. The Hall–Kier alpha value is -6.98. The van der Waals surface area contributed by atoms with Crippen molar-refractivity contribution < 1.29 is 4.42 Å². The van der Waals surface area contributed by atoms with Crippen LogP contribution in [0.2, 0.25) is 0 Å². The zero-order valence-corrected chi connectivity index (χ0v) is 28.0. The molecule has 3 heterocycles. The van der Waals surface area contributed by atoms with Crippen molar-refractivity contribution in [2.24, 2.45) is 9.98 Å². The maximum Gasteiger partial charge on any atom is 0.159 e. The molecule has 1 aliphatic rings. The summed E-state index contributed by atoms with van der Waals surface area (Å²) in [7, 11) is 0. The average molecular weight is 667 g/mol. The molecule has 1 unspecified atom stereocenters. The molecule has 5 heteroatoms. The minimum atomic E-state index is -0.365. The van der Waals surface area contributed by atoms with Crippen molar-refractivity contribution >= 4 is 77.0 Å². The van der Waals surface area contributed by atoms with Crippen molar-refractivity contribution in [1.82, 2.24) is 9.88 Å². The fraction of sp³-hybridized carbons (Fsp3) is 0.0213. The molecule has 1 atom stereocenters. The number of nitrogens with one attached hydrogen (secondary N) is 1. The number of benzene rings is 8. The van der Waals surface area contributed by atoms with Gasteiger partial charge < -0.3 is 14.3 Å². The lowest BCUT2D eigenvalue weighted by Crippen LogP contribution is -2.33. The van der Waals surface area contributed by atoms with Crippen LogP contribution in [0.4, 0.5) is 0 Å². The van der Waals surface area contributed by atoms with Gasteiger partial charge in [-0.25, -0.2) is 9.98 Å². The fourth-order valence-corrected chi connectivity index (χ4v) is 7.92. The number of hydrogen-bond donors (Lipinski definition) is 1. The van der Waals surface area contributed by atoms with Crippen LogP contribution in [0, 0.1) is 0 Å². The van der Waals surface area contributed by atoms with Crippen LogP contribution in [0.1, 0.15) is 22.9 Å². The van der Waals surface area contributed by atoms with Gasteiger partial charge in [-0.1, -0.05) is 121 Å². The Labute approximate surface area is 298 Å². The van der Waals surface area contributed by atoms with Gasteiger partial charge in [0.15, 0.2) is 5.84 Å². The minimum Gasteiger partial charge on any atom is -0.456 e. The van der Waals surface area contributed by atoms with E-state index in [4.69, 9.17) is 14.4 Å². The Morgan fingerprint density at radius 2 is 1.17 bits per heavy atom. The van der Waals surface area contributed by atoms with Crippen molar-refractivity contribution in [2.45, 2.75) is 6.17 Å². The van der Waals surface area contributed by atoms with Crippen LogP contribution >= 0.6 is 0 Å². The number of para-hydroxylation sites is 2. The van der Waals surface area contributed by atoms with Gasteiger partial charge in [0, 0.05) is 38.1 Å². The van der Waals surface area contributed by atoms with Crippen LogP contribution in [-0.4, -0.2) is 16.2 Å². The van der Waals surface area contributed by atoms with E-state index in [0.717, 1.165) is 55.5 Å². The smallest absolute Gasteiger partial charge is 0.159 e. The Kier molecular flexibility index (Phi) is 6.25. The highest BCUT2D eigenvalue weighted by Gasteiger charge is 2.24. The van der Waals surface area contributed by atoms with E-state index in [-0.39, 0.29) is 6.17 Å². The van der Waals surface area contributed by atoms with E-state index in [2.05, 4.69) is 149 Å². The molecule has 0 saturated carbocycles. The number of furan rings is 1. The van der Waals surface area contributed by atoms with E-state index < -0.39 is 0 Å². The second kappa shape index (κ2) is 11.3. The molecule has 8 aromatic carbocycles. The molecule has 0 amide bonds. The van der Waals surface area contributed by atoms with Crippen LogP contribution in [0.25, 0.3) is 71.0 Å². The molecular weight excluding hydrogens is 637 g/mol. The molecule has 1 N–H and O–H groups in total. The summed E-state index contributed by atoms with van der Waals surface area (Å²) >= 11 is 0. The molecule has 0 radical (unpaired) electrons. The first-order valence-corrected chi connectivity index (χ1v) is 17.6. The van der Waals surface area contributed by atoms with E-state index >= 15 is 0 Å². The van der Waals surface area contributed by atoms with Gasteiger partial charge in [-0.05, 0) is 70.3 Å². The number of rotatable bonds is 4. The number of aliphatic imine (C=N–C) groups is 2. The third kappa shape index (κ3) is 4.49. The van der Waals surface area contributed by atoms with Gasteiger partial charge >= 0.3 is 0 Å². The summed E-state index contributed by atoms with van der Waals surface area (Å²) in [6.07, 6.45) is -0.365. The van der Waals surface area contributed by atoms with Crippen LogP contribution in [-0.2, 0) is 0 Å². The molecule has 0 saturated heterocycles. The van der Waals surface area contributed by atoms with Gasteiger partial charge in [-0.15, -0.1) is 0 Å². The average Bonchev–Trinajstić information content (AvgIpc) is 3.74. The van der Waals surface area contributed by atoms with Gasteiger partial charge in [0.05, 0.1) is 16.7 Å². The molecule has 1 aliphatic heterocycles. The van der Waals surface area contributed by atoms with Gasteiger partial charge in [-0.3, -0.25) is 0 Å². The second-order valence-corrected chi connectivity index (χ2v) is 13.5. The van der Waals surface area contributed by atoms with Gasteiger partial charge in [0.25, 0.3) is 0 Å². The van der Waals surface area contributed by atoms with Crippen molar-refractivity contribution in [1.29, 1.82) is 0 Å². The summed E-state index contributed by atoms with van der Waals surface area (Å²) in [5.74, 6) is 1.46. The van der Waals surface area contributed by atoms with E-state index in [1.807, 2.05) is 30.3 Å². The zero-order valence-electron chi connectivity index (χ0n) is 28.0. The highest BCUT2D eigenvalue weighted by molar-refractivity contribution is 6.17. The summed E-state index contributed by atoms with van der Waals surface area (Å²) in [4.78, 5) is 10.4. The first kappa shape index (κ1) is 28.8. The van der Waals surface area contributed by atoms with Crippen LogP contribution in [0.3, 0.4) is 0 Å².